The van der Waals surface area contributed by atoms with Crippen molar-refractivity contribution in [3.63, 3.8) is 0 Å². The smallest absolute Gasteiger partial charge is 0.289 e. The number of aromatic amines is 1. The zero-order valence-corrected chi connectivity index (χ0v) is 14.4. The van der Waals surface area contributed by atoms with Crippen LogP contribution in [0.4, 0.5) is 5.69 Å². The van der Waals surface area contributed by atoms with E-state index in [1.807, 2.05) is 13.8 Å². The fourth-order valence-corrected chi connectivity index (χ4v) is 4.72. The molecule has 0 spiro atoms. The molecule has 0 unspecified atom stereocenters. The summed E-state index contributed by atoms with van der Waals surface area (Å²) < 4.78 is 27.7. The highest BCUT2D eigenvalue weighted by Gasteiger charge is 2.22. The fourth-order valence-electron chi connectivity index (χ4n) is 2.34. The highest BCUT2D eigenvalue weighted by Crippen LogP contribution is 2.30. The van der Waals surface area contributed by atoms with Crippen LogP contribution in [0, 0.1) is 32.1 Å². The molecule has 0 atom stereocenters. The van der Waals surface area contributed by atoms with Crippen molar-refractivity contribution >= 4 is 38.0 Å². The zero-order valence-electron chi connectivity index (χ0n) is 12.8. The Hall–Kier alpha value is -2.37. The average molecular weight is 346 g/mol. The molecule has 0 amide bonds. The lowest BCUT2D eigenvalue weighted by molar-refractivity contribution is 0.600. The number of hydrogen-bond donors (Lipinski definition) is 2. The predicted octanol–water partition coefficient (Wildman–Crippen LogP) is 3.22. The molecule has 23 heavy (non-hydrogen) atoms. The van der Waals surface area contributed by atoms with Gasteiger partial charge in [-0.1, -0.05) is 6.07 Å². The molecular formula is C15H14N4O2S2. The standard InChI is InChI=1S/C15H14N4O2S2/c1-8-4-5-12(14-13(8)11(6-16)7-17-14)19-23(20,21)15-18-9(2)10(3)22-15/h4-5,7,17,19H,1-3H3. The van der Waals surface area contributed by atoms with Gasteiger partial charge in [0.2, 0.25) is 4.34 Å². The van der Waals surface area contributed by atoms with Crippen molar-refractivity contribution in [2.75, 3.05) is 4.72 Å². The van der Waals surface area contributed by atoms with Crippen molar-refractivity contribution in [3.05, 3.63) is 40.0 Å². The van der Waals surface area contributed by atoms with Gasteiger partial charge >= 0.3 is 0 Å². The minimum absolute atomic E-state index is 0.0355. The Morgan fingerprint density at radius 1 is 1.30 bits per heavy atom. The monoisotopic (exact) mass is 346 g/mol. The average Bonchev–Trinajstić information content (AvgIpc) is 3.07. The van der Waals surface area contributed by atoms with Gasteiger partial charge in [-0.25, -0.2) is 4.98 Å². The Bertz CT molecular complexity index is 1040. The van der Waals surface area contributed by atoms with E-state index >= 15 is 0 Å². The van der Waals surface area contributed by atoms with Crippen LogP contribution in [0.2, 0.25) is 0 Å². The Morgan fingerprint density at radius 3 is 2.65 bits per heavy atom. The molecule has 3 aromatic rings. The molecule has 8 heteroatoms. The topological polar surface area (TPSA) is 98.6 Å². The van der Waals surface area contributed by atoms with Gasteiger partial charge in [0, 0.05) is 16.5 Å². The number of hydrogen-bond acceptors (Lipinski definition) is 5. The molecule has 0 aliphatic carbocycles. The van der Waals surface area contributed by atoms with Gasteiger partial charge in [0.25, 0.3) is 10.0 Å². The third kappa shape index (κ3) is 2.58. The first-order chi connectivity index (χ1) is 10.8. The van der Waals surface area contributed by atoms with Gasteiger partial charge in [-0.2, -0.15) is 13.7 Å². The number of nitrogens with one attached hydrogen (secondary N) is 2. The summed E-state index contributed by atoms with van der Waals surface area (Å²) in [6, 6.07) is 5.57. The number of H-pyrrole nitrogens is 1. The number of benzene rings is 1. The van der Waals surface area contributed by atoms with E-state index in [0.29, 0.717) is 22.5 Å². The van der Waals surface area contributed by atoms with Crippen molar-refractivity contribution < 1.29 is 8.42 Å². The molecule has 0 bridgehead atoms. The summed E-state index contributed by atoms with van der Waals surface area (Å²) >= 11 is 1.13. The summed E-state index contributed by atoms with van der Waals surface area (Å²) in [6.45, 7) is 5.49. The van der Waals surface area contributed by atoms with Crippen molar-refractivity contribution in [2.45, 2.75) is 25.1 Å². The van der Waals surface area contributed by atoms with Crippen LogP contribution in [-0.2, 0) is 10.0 Å². The number of anilines is 1. The van der Waals surface area contributed by atoms with Crippen LogP contribution in [0.1, 0.15) is 21.7 Å². The highest BCUT2D eigenvalue weighted by molar-refractivity contribution is 7.94. The Kier molecular flexibility index (Phi) is 3.62. The van der Waals surface area contributed by atoms with E-state index < -0.39 is 10.0 Å². The van der Waals surface area contributed by atoms with E-state index in [9.17, 15) is 8.42 Å². The van der Waals surface area contributed by atoms with Gasteiger partial charge in [-0.3, -0.25) is 4.72 Å². The van der Waals surface area contributed by atoms with Crippen molar-refractivity contribution in [2.24, 2.45) is 0 Å². The quantitative estimate of drug-likeness (QED) is 0.760. The lowest BCUT2D eigenvalue weighted by Gasteiger charge is -2.08. The van der Waals surface area contributed by atoms with E-state index in [-0.39, 0.29) is 4.34 Å². The summed E-state index contributed by atoms with van der Waals surface area (Å²) in [5.74, 6) is 0. The van der Waals surface area contributed by atoms with Gasteiger partial charge in [-0.15, -0.1) is 11.3 Å². The molecule has 3 rings (SSSR count). The maximum absolute atomic E-state index is 12.5. The van der Waals surface area contributed by atoms with Crippen molar-refractivity contribution in [1.29, 1.82) is 5.26 Å². The molecule has 2 heterocycles. The number of aromatic nitrogens is 2. The Labute approximate surface area is 137 Å². The number of nitrogens with zero attached hydrogens (tertiary/aromatic N) is 2. The molecular weight excluding hydrogens is 332 g/mol. The molecule has 0 saturated heterocycles. The van der Waals surface area contributed by atoms with Crippen molar-refractivity contribution in [1.82, 2.24) is 9.97 Å². The highest BCUT2D eigenvalue weighted by atomic mass is 32.2. The predicted molar refractivity (Wildman–Crippen MR) is 90.1 cm³/mol. The summed E-state index contributed by atoms with van der Waals surface area (Å²) in [4.78, 5) is 7.94. The second-order valence-corrected chi connectivity index (χ2v) is 8.28. The number of rotatable bonds is 3. The van der Waals surface area contributed by atoms with Gasteiger partial charge in [0.15, 0.2) is 0 Å². The van der Waals surface area contributed by atoms with E-state index in [1.165, 1.54) is 0 Å². The molecule has 0 fully saturated rings. The summed E-state index contributed by atoms with van der Waals surface area (Å²) in [6.07, 6.45) is 1.58. The Morgan fingerprint density at radius 2 is 2.04 bits per heavy atom. The summed E-state index contributed by atoms with van der Waals surface area (Å²) in [5, 5.41) is 9.89. The minimum Gasteiger partial charge on any atom is -0.358 e. The number of thiazole rings is 1. The molecule has 0 aliphatic heterocycles. The summed E-state index contributed by atoms with van der Waals surface area (Å²) in [7, 11) is -3.76. The van der Waals surface area contributed by atoms with Crippen LogP contribution >= 0.6 is 11.3 Å². The van der Waals surface area contributed by atoms with Crippen LogP contribution in [0.15, 0.2) is 22.7 Å². The maximum atomic E-state index is 12.5. The van der Waals surface area contributed by atoms with Gasteiger partial charge in [0.1, 0.15) is 6.07 Å². The van der Waals surface area contributed by atoms with Gasteiger partial charge in [-0.05, 0) is 32.4 Å². The molecule has 1 aromatic carbocycles. The molecule has 2 N–H and O–H groups in total. The molecule has 0 radical (unpaired) electrons. The SMILES string of the molecule is Cc1nc(S(=O)(=O)Nc2ccc(C)c3c(C#N)c[nH]c23)sc1C. The molecule has 6 nitrogen and oxygen atoms in total. The van der Waals surface area contributed by atoms with Crippen molar-refractivity contribution in [3.8, 4) is 6.07 Å². The van der Waals surface area contributed by atoms with E-state index in [1.54, 1.807) is 25.3 Å². The van der Waals surface area contributed by atoms with Crippen LogP contribution in [0.25, 0.3) is 10.9 Å². The Balaban J connectivity index is 2.10. The molecule has 0 saturated carbocycles. The molecule has 118 valence electrons. The molecule has 0 aliphatic rings. The largest absolute Gasteiger partial charge is 0.358 e. The normalized spacial score (nSPS) is 11.6. The number of nitriles is 1. The third-order valence-corrected chi connectivity index (χ3v) is 6.46. The van der Waals surface area contributed by atoms with E-state index in [4.69, 9.17) is 5.26 Å². The number of sulfonamides is 1. The van der Waals surface area contributed by atoms with E-state index in [2.05, 4.69) is 20.8 Å². The van der Waals surface area contributed by atoms with Crippen LogP contribution in [-0.4, -0.2) is 18.4 Å². The second kappa shape index (κ2) is 5.37. The minimum atomic E-state index is -3.76. The number of fused-ring (bicyclic) bond motifs is 1. The van der Waals surface area contributed by atoms with Crippen LogP contribution in [0.3, 0.4) is 0 Å². The first-order valence-corrected chi connectivity index (χ1v) is 9.11. The third-order valence-electron chi connectivity index (χ3n) is 3.65. The maximum Gasteiger partial charge on any atom is 0.289 e. The molecule has 2 aromatic heterocycles. The number of aryl methyl sites for hydroxylation is 3. The van der Waals surface area contributed by atoms with Gasteiger partial charge in [0.05, 0.1) is 22.5 Å². The summed E-state index contributed by atoms with van der Waals surface area (Å²) in [5.41, 5.74) is 3.09. The van der Waals surface area contributed by atoms with Gasteiger partial charge < -0.3 is 4.98 Å². The van der Waals surface area contributed by atoms with Crippen LogP contribution < -0.4 is 4.72 Å². The lowest BCUT2D eigenvalue weighted by atomic mass is 10.1. The van der Waals surface area contributed by atoms with Crippen LogP contribution in [0.5, 0.6) is 0 Å². The zero-order chi connectivity index (χ0) is 16.8. The van der Waals surface area contributed by atoms with E-state index in [0.717, 1.165) is 27.2 Å². The fraction of sp³-hybridized carbons (Fsp3) is 0.200. The first kappa shape index (κ1) is 15.5. The lowest BCUT2D eigenvalue weighted by Crippen LogP contribution is -2.13. The second-order valence-electron chi connectivity index (χ2n) is 5.22. The first-order valence-electron chi connectivity index (χ1n) is 6.81.